The second-order valence-corrected chi connectivity index (χ2v) is 8.92. The number of nitrogens with zero attached hydrogens (tertiary/aromatic N) is 2. The molecule has 0 radical (unpaired) electrons. The Bertz CT molecular complexity index is 1130. The smallest absolute Gasteiger partial charge is 0.278 e. The summed E-state index contributed by atoms with van der Waals surface area (Å²) in [4.78, 5) is 21.5. The number of aromatic amines is 1. The molecule has 1 saturated carbocycles. The number of rotatable bonds is 5. The highest BCUT2D eigenvalue weighted by molar-refractivity contribution is 8.00. The van der Waals surface area contributed by atoms with Crippen LogP contribution in [0.5, 0.6) is 0 Å². The van der Waals surface area contributed by atoms with Crippen molar-refractivity contribution in [3.05, 3.63) is 88.5 Å². The molecule has 2 aliphatic heterocycles. The molecular formula is C24H23N3OS. The van der Waals surface area contributed by atoms with Crippen LogP contribution in [-0.2, 0) is 6.42 Å². The van der Waals surface area contributed by atoms with Gasteiger partial charge in [-0.3, -0.25) is 9.36 Å². The monoisotopic (exact) mass is 401 g/mol. The molecular weight excluding hydrogens is 378 g/mol. The van der Waals surface area contributed by atoms with Crippen molar-refractivity contribution < 1.29 is 0 Å². The first kappa shape index (κ1) is 18.3. The molecule has 5 heteroatoms. The highest BCUT2D eigenvalue weighted by Gasteiger charge is 2.24. The van der Waals surface area contributed by atoms with E-state index in [0.29, 0.717) is 17.4 Å². The fourth-order valence-corrected chi connectivity index (χ4v) is 5.33. The summed E-state index contributed by atoms with van der Waals surface area (Å²) in [6.45, 7) is 0. The van der Waals surface area contributed by atoms with Gasteiger partial charge in [0.15, 0.2) is 5.82 Å². The van der Waals surface area contributed by atoms with Gasteiger partial charge in [-0.05, 0) is 24.0 Å². The highest BCUT2D eigenvalue weighted by atomic mass is 32.2. The minimum absolute atomic E-state index is 0.0247. The van der Waals surface area contributed by atoms with Gasteiger partial charge in [0.1, 0.15) is 10.7 Å². The minimum Gasteiger partial charge on any atom is -0.345 e. The number of hydrogen-bond acceptors (Lipinski definition) is 3. The lowest BCUT2D eigenvalue weighted by Crippen LogP contribution is -2.17. The number of thioether (sulfide) groups is 1. The first-order valence-corrected chi connectivity index (χ1v) is 11.1. The molecule has 0 aromatic heterocycles. The Kier molecular flexibility index (Phi) is 4.98. The Morgan fingerprint density at radius 3 is 2.41 bits per heavy atom. The summed E-state index contributed by atoms with van der Waals surface area (Å²) < 4.78 is 1.73. The van der Waals surface area contributed by atoms with Crippen molar-refractivity contribution in [2.45, 2.75) is 42.4 Å². The van der Waals surface area contributed by atoms with Gasteiger partial charge in [-0.2, -0.15) is 0 Å². The summed E-state index contributed by atoms with van der Waals surface area (Å²) in [6, 6.07) is 20.2. The maximum atomic E-state index is 13.2. The zero-order valence-corrected chi connectivity index (χ0v) is 17.0. The summed E-state index contributed by atoms with van der Waals surface area (Å²) in [5.41, 5.74) is 3.69. The average Bonchev–Trinajstić information content (AvgIpc) is 3.38. The average molecular weight is 402 g/mol. The first-order valence-electron chi connectivity index (χ1n) is 10.2. The maximum absolute atomic E-state index is 13.2. The Morgan fingerprint density at radius 1 is 1.00 bits per heavy atom. The number of nitrogens with one attached hydrogen (secondary N) is 1. The third-order valence-electron chi connectivity index (χ3n) is 5.53. The molecule has 0 unspecified atom stereocenters. The van der Waals surface area contributed by atoms with Crippen LogP contribution in [0.2, 0.25) is 0 Å². The molecule has 0 saturated heterocycles. The molecule has 4 nitrogen and oxygen atoms in total. The van der Waals surface area contributed by atoms with Crippen LogP contribution in [0.1, 0.15) is 36.9 Å². The predicted molar refractivity (Wildman–Crippen MR) is 118 cm³/mol. The molecule has 1 fully saturated rings. The molecule has 29 heavy (non-hydrogen) atoms. The molecule has 1 aliphatic carbocycles. The summed E-state index contributed by atoms with van der Waals surface area (Å²) in [7, 11) is 0. The van der Waals surface area contributed by atoms with E-state index in [-0.39, 0.29) is 5.56 Å². The van der Waals surface area contributed by atoms with Gasteiger partial charge < -0.3 is 4.98 Å². The van der Waals surface area contributed by atoms with Crippen LogP contribution in [0.4, 0.5) is 0 Å². The van der Waals surface area contributed by atoms with E-state index in [1.807, 2.05) is 66.5 Å². The fourth-order valence-electron chi connectivity index (χ4n) is 4.01. The zero-order chi connectivity index (χ0) is 19.6. The van der Waals surface area contributed by atoms with Gasteiger partial charge in [0.2, 0.25) is 0 Å². The molecule has 2 aromatic rings. The molecule has 5 rings (SSSR count). The van der Waals surface area contributed by atoms with Crippen LogP contribution in [0.3, 0.4) is 0 Å². The molecule has 0 atom stereocenters. The fraction of sp³-hybridized carbons (Fsp3) is 0.250. The maximum Gasteiger partial charge on any atom is 0.278 e. The van der Waals surface area contributed by atoms with E-state index in [4.69, 9.17) is 4.98 Å². The van der Waals surface area contributed by atoms with Crippen molar-refractivity contribution in [1.29, 1.82) is 0 Å². The van der Waals surface area contributed by atoms with Gasteiger partial charge in [0, 0.05) is 17.9 Å². The standard InChI is InChI=1S/C24H23N3OS/c28-24-20(15-17-9-3-1-4-10-17)25-22-23(29-19-13-7-8-14-19)26-21(16-27(22)24)18-11-5-2-6-12-18/h1-6,9-12,16,19,26H,7-8,13-15H2. The molecule has 0 spiro atoms. The van der Waals surface area contributed by atoms with Gasteiger partial charge in [0.05, 0.1) is 5.69 Å². The van der Waals surface area contributed by atoms with Crippen LogP contribution < -0.4 is 5.56 Å². The van der Waals surface area contributed by atoms with Crippen molar-refractivity contribution in [2.75, 3.05) is 0 Å². The van der Waals surface area contributed by atoms with E-state index in [1.54, 1.807) is 4.57 Å². The Balaban J connectivity index is 1.61. The summed E-state index contributed by atoms with van der Waals surface area (Å²) in [5, 5.41) is 1.58. The predicted octanol–water partition coefficient (Wildman–Crippen LogP) is 5.29. The topological polar surface area (TPSA) is 50.7 Å². The van der Waals surface area contributed by atoms with Gasteiger partial charge in [-0.25, -0.2) is 4.98 Å². The van der Waals surface area contributed by atoms with E-state index in [1.165, 1.54) is 25.7 Å². The minimum atomic E-state index is -0.0247. The SMILES string of the molecule is O=c1c(Cc2ccccc2)nc2c(SC3CCCC3)[nH]c(-c3ccccc3)cn1-2. The zero-order valence-electron chi connectivity index (χ0n) is 16.2. The van der Waals surface area contributed by atoms with Crippen LogP contribution in [0, 0.1) is 0 Å². The van der Waals surface area contributed by atoms with Gasteiger partial charge >= 0.3 is 0 Å². The normalized spacial score (nSPS) is 14.6. The number of imidazole rings is 1. The van der Waals surface area contributed by atoms with Gasteiger partial charge in [-0.15, -0.1) is 11.8 Å². The van der Waals surface area contributed by atoms with E-state index >= 15 is 0 Å². The Morgan fingerprint density at radius 2 is 1.69 bits per heavy atom. The third kappa shape index (κ3) is 3.75. The Labute approximate surface area is 174 Å². The van der Waals surface area contributed by atoms with Crippen molar-refractivity contribution in [3.63, 3.8) is 0 Å². The van der Waals surface area contributed by atoms with Gasteiger partial charge in [-0.1, -0.05) is 73.5 Å². The van der Waals surface area contributed by atoms with E-state index < -0.39 is 0 Å². The lowest BCUT2D eigenvalue weighted by molar-refractivity contribution is 0.876. The molecule has 3 aliphatic rings. The second-order valence-electron chi connectivity index (χ2n) is 7.61. The number of aromatic nitrogens is 3. The number of H-pyrrole nitrogens is 1. The highest BCUT2D eigenvalue weighted by Crippen LogP contribution is 2.37. The Hall–Kier alpha value is -2.79. The third-order valence-corrected chi connectivity index (χ3v) is 6.86. The largest absolute Gasteiger partial charge is 0.345 e. The summed E-state index contributed by atoms with van der Waals surface area (Å²) >= 11 is 1.84. The summed E-state index contributed by atoms with van der Waals surface area (Å²) in [5.74, 6) is 0.748. The van der Waals surface area contributed by atoms with Crippen molar-refractivity contribution in [1.82, 2.24) is 14.5 Å². The van der Waals surface area contributed by atoms with Crippen LogP contribution in [-0.4, -0.2) is 19.8 Å². The number of fused-ring (bicyclic) bond motifs is 1. The van der Waals surface area contributed by atoms with Gasteiger partial charge in [0.25, 0.3) is 5.56 Å². The van der Waals surface area contributed by atoms with Crippen molar-refractivity contribution in [2.24, 2.45) is 0 Å². The van der Waals surface area contributed by atoms with Crippen molar-refractivity contribution >= 4 is 11.8 Å². The molecule has 1 N–H and O–H groups in total. The molecule has 0 amide bonds. The lowest BCUT2D eigenvalue weighted by atomic mass is 10.1. The summed E-state index contributed by atoms with van der Waals surface area (Å²) in [6.07, 6.45) is 7.46. The van der Waals surface area contributed by atoms with E-state index in [0.717, 1.165) is 27.7 Å². The molecule has 146 valence electrons. The molecule has 2 heterocycles. The lowest BCUT2D eigenvalue weighted by Gasteiger charge is -2.15. The van der Waals surface area contributed by atoms with E-state index in [9.17, 15) is 4.79 Å². The van der Waals surface area contributed by atoms with Crippen LogP contribution >= 0.6 is 11.8 Å². The number of benzene rings is 2. The van der Waals surface area contributed by atoms with Crippen LogP contribution in [0.25, 0.3) is 17.1 Å². The number of hydrogen-bond donors (Lipinski definition) is 1. The van der Waals surface area contributed by atoms with Crippen molar-refractivity contribution in [3.8, 4) is 17.1 Å². The molecule has 2 aromatic carbocycles. The van der Waals surface area contributed by atoms with Crippen LogP contribution in [0.15, 0.2) is 76.7 Å². The first-order chi connectivity index (χ1) is 14.3. The second kappa shape index (κ2) is 7.91. The quantitative estimate of drug-likeness (QED) is 0.494. The van der Waals surface area contributed by atoms with E-state index in [2.05, 4.69) is 17.1 Å². The molecule has 0 bridgehead atoms.